The summed E-state index contributed by atoms with van der Waals surface area (Å²) in [5.74, 6) is 3.17. The van der Waals surface area contributed by atoms with E-state index in [4.69, 9.17) is 18.9 Å². The van der Waals surface area contributed by atoms with Gasteiger partial charge in [0.2, 0.25) is 11.5 Å². The zero-order valence-electron chi connectivity index (χ0n) is 67.0. The van der Waals surface area contributed by atoms with Gasteiger partial charge >= 0.3 is 0 Å². The number of aliphatic hydroxyl groups is 1. The highest BCUT2D eigenvalue weighted by molar-refractivity contribution is 6.24. The van der Waals surface area contributed by atoms with E-state index in [1.807, 2.05) is 60.7 Å². The van der Waals surface area contributed by atoms with Crippen molar-refractivity contribution in [2.75, 3.05) is 56.2 Å². The third-order valence-corrected chi connectivity index (χ3v) is 23.1. The minimum absolute atomic E-state index is 0.0737. The normalized spacial score (nSPS) is 14.9. The minimum Gasteiger partial charge on any atom is -0.506 e. The Morgan fingerprint density at radius 3 is 1.06 bits per heavy atom. The summed E-state index contributed by atoms with van der Waals surface area (Å²) in [4.78, 5) is 22.2. The third kappa shape index (κ3) is 19.6. The van der Waals surface area contributed by atoms with Crippen molar-refractivity contribution in [2.24, 2.45) is 0 Å². The Balaban J connectivity index is 0.865. The van der Waals surface area contributed by atoms with Crippen LogP contribution < -0.4 is 33.6 Å². The van der Waals surface area contributed by atoms with Crippen LogP contribution in [-0.4, -0.2) is 62.7 Å². The van der Waals surface area contributed by atoms with Crippen molar-refractivity contribution < 1.29 is 33.4 Å². The number of carbonyl (C=O) groups is 1. The van der Waals surface area contributed by atoms with Crippen LogP contribution in [0.2, 0.25) is 0 Å². The smallest absolute Gasteiger partial charge is 0.209 e. The summed E-state index contributed by atoms with van der Waals surface area (Å²) in [7, 11) is 6.78. The first-order chi connectivity index (χ1) is 52.7. The Morgan fingerprint density at radius 2 is 0.704 bits per heavy atom. The first-order valence-corrected chi connectivity index (χ1v) is 41.2. The molecule has 0 bridgehead atoms. The molecule has 570 valence electrons. The third-order valence-electron chi connectivity index (χ3n) is 23.1. The molecule has 8 aromatic carbocycles. The largest absolute Gasteiger partial charge is 0.506 e. The van der Waals surface area contributed by atoms with Gasteiger partial charge in [0.05, 0.1) is 45.0 Å². The summed E-state index contributed by atoms with van der Waals surface area (Å²) in [5.41, 5.74) is 17.2. The van der Waals surface area contributed by atoms with Gasteiger partial charge in [-0.1, -0.05) is 219 Å². The van der Waals surface area contributed by atoms with Crippen LogP contribution in [0.15, 0.2) is 217 Å². The number of Topliss-reactive ketones (excluding diaryl/α,β-unsaturated/α-hetero) is 1. The Hall–Kier alpha value is -9.28. The summed E-state index contributed by atoms with van der Waals surface area (Å²) in [5, 5.41) is 12.6. The summed E-state index contributed by atoms with van der Waals surface area (Å²) in [6.45, 7) is 15.4. The van der Waals surface area contributed by atoms with Crippen LogP contribution >= 0.6 is 0 Å². The number of carbonyl (C=O) groups excluding carboxylic acids is 1. The molecule has 2 aliphatic heterocycles. The molecule has 10 nitrogen and oxygen atoms in total. The van der Waals surface area contributed by atoms with E-state index in [1.165, 1.54) is 165 Å². The quantitative estimate of drug-likeness (QED) is 0.0228. The fraction of sp³-hybridized carbons (Fsp3) is 0.429. The van der Waals surface area contributed by atoms with Gasteiger partial charge in [0, 0.05) is 81.6 Å². The second-order valence-electron chi connectivity index (χ2n) is 31.3. The number of hydrogen-bond donors (Lipinski definition) is 1. The molecule has 0 unspecified atom stereocenters. The van der Waals surface area contributed by atoms with Crippen LogP contribution in [0.4, 0.5) is 45.5 Å². The molecule has 0 spiro atoms. The first kappa shape index (κ1) is 79.8. The average Bonchev–Trinajstić information content (AvgIpc) is 1.62. The van der Waals surface area contributed by atoms with Gasteiger partial charge in [-0.15, -0.1) is 0 Å². The summed E-state index contributed by atoms with van der Waals surface area (Å²) < 4.78 is 24.7. The topological polar surface area (TPSA) is 87.0 Å². The van der Waals surface area contributed by atoms with Crippen LogP contribution in [-0.2, 0) is 15.6 Å². The number of unbranched alkanes of at least 4 members (excludes halogenated alkanes) is 26. The van der Waals surface area contributed by atoms with Gasteiger partial charge in [0.15, 0.2) is 5.71 Å². The highest BCUT2D eigenvalue weighted by Gasteiger charge is 2.48. The van der Waals surface area contributed by atoms with E-state index in [2.05, 4.69) is 194 Å². The van der Waals surface area contributed by atoms with E-state index in [-0.39, 0.29) is 11.5 Å². The van der Waals surface area contributed by atoms with Crippen molar-refractivity contribution >= 4 is 57.0 Å². The molecule has 0 atom stereocenters. The zero-order valence-corrected chi connectivity index (χ0v) is 67.0. The Kier molecular flexibility index (Phi) is 28.9. The van der Waals surface area contributed by atoms with E-state index in [0.717, 1.165) is 141 Å². The molecule has 0 amide bonds. The van der Waals surface area contributed by atoms with E-state index in [0.29, 0.717) is 11.1 Å². The number of ether oxygens (including phenoxy) is 4. The maximum Gasteiger partial charge on any atom is 0.209 e. The van der Waals surface area contributed by atoms with Gasteiger partial charge in [-0.2, -0.15) is 4.58 Å². The van der Waals surface area contributed by atoms with Crippen molar-refractivity contribution in [3.63, 3.8) is 0 Å². The molecule has 0 radical (unpaired) electrons. The first-order valence-electron chi connectivity index (χ1n) is 41.2. The van der Waals surface area contributed by atoms with Crippen molar-refractivity contribution in [1.29, 1.82) is 0 Å². The standard InChI is InChI=1S/C98H122N4O6/c1-11-13-15-17-19-21-23-25-27-29-31-33-35-37-67-99-91-65-43-75(73-39-45-77(46-40-73)101(79-49-57-83(105-7)58-50-79)80-51-59-84(106-8)60-52-80)69-89(91)97(3,4)93(99)71-87-95(103)88(96(87)104)72-94-98(5,6)90-70-76(44-66-92(90)100(94)68-38-36-34-32-30-28-26-24-22-20-18-16-14-12-2)74-41-47-78(48-42-74)102(81-53-61-85(107-9)62-54-81)82-55-63-86(108-10)64-56-82/h39-66,69-72H,11-38,67-68H2,1-10H3/p+1. The lowest BCUT2D eigenvalue weighted by molar-refractivity contribution is -0.438. The average molecular weight is 1450 g/mol. The van der Waals surface area contributed by atoms with Gasteiger partial charge in [0.1, 0.15) is 35.3 Å². The van der Waals surface area contributed by atoms with E-state index in [9.17, 15) is 5.11 Å². The monoisotopic (exact) mass is 1450 g/mol. The number of methoxy groups -OCH3 is 4. The predicted molar refractivity (Wildman–Crippen MR) is 454 cm³/mol. The van der Waals surface area contributed by atoms with Gasteiger partial charge in [-0.25, -0.2) is 0 Å². The molecule has 0 saturated carbocycles. The van der Waals surface area contributed by atoms with E-state index < -0.39 is 10.8 Å². The SMILES string of the molecule is CCCCCCCCCCCCCCCCN1/C(=C/C2=C(O)C(=C\C3=[N+](CCCCCCCCCCCCCCCC)c4ccc(-c5ccc(N(c6ccc(OC)cc6)c6ccc(OC)cc6)cc5)cc4C3(C)C)/C2=O)C(C)(C)c2cc(-c3ccc(N(c4ccc(OC)cc4)c4ccc(OC)cc4)cc3)ccc21. The number of allylic oxidation sites excluding steroid dienone is 5. The minimum atomic E-state index is -0.494. The Morgan fingerprint density at radius 1 is 0.380 bits per heavy atom. The predicted octanol–water partition coefficient (Wildman–Crippen LogP) is 27.3. The van der Waals surface area contributed by atoms with Crippen molar-refractivity contribution in [3.8, 4) is 45.3 Å². The molecular weight excluding hydrogens is 1330 g/mol. The summed E-state index contributed by atoms with van der Waals surface area (Å²) in [6.07, 6.45) is 40.4. The van der Waals surface area contributed by atoms with Gasteiger partial charge in [-0.3, -0.25) is 4.79 Å². The van der Waals surface area contributed by atoms with Crippen LogP contribution in [0.5, 0.6) is 23.0 Å². The number of ketones is 1. The molecular formula is C98H123N4O6+. The second kappa shape index (κ2) is 39.2. The van der Waals surface area contributed by atoms with Crippen LogP contribution in [0, 0.1) is 0 Å². The van der Waals surface area contributed by atoms with Gasteiger partial charge < -0.3 is 38.8 Å². The molecule has 0 aromatic heterocycles. The Bertz CT molecular complexity index is 4220. The maximum absolute atomic E-state index is 15.2. The number of benzene rings is 8. The van der Waals surface area contributed by atoms with Crippen LogP contribution in [0.1, 0.15) is 232 Å². The number of nitrogens with zero attached hydrogens (tertiary/aromatic N) is 4. The molecule has 8 aromatic rings. The molecule has 1 aliphatic carbocycles. The lowest BCUT2D eigenvalue weighted by Gasteiger charge is -2.29. The van der Waals surface area contributed by atoms with E-state index in [1.54, 1.807) is 28.4 Å². The number of rotatable bonds is 44. The van der Waals surface area contributed by atoms with Crippen molar-refractivity contribution in [2.45, 2.75) is 232 Å². The summed E-state index contributed by atoms with van der Waals surface area (Å²) in [6, 6.07) is 64.2. The lowest BCUT2D eigenvalue weighted by atomic mass is 9.77. The van der Waals surface area contributed by atoms with Crippen molar-refractivity contribution in [1.82, 2.24) is 0 Å². The molecule has 0 fully saturated rings. The van der Waals surface area contributed by atoms with Crippen molar-refractivity contribution in [3.05, 3.63) is 228 Å². The molecule has 10 heteroatoms. The number of anilines is 7. The molecule has 11 rings (SSSR count). The van der Waals surface area contributed by atoms with E-state index >= 15 is 4.79 Å². The molecule has 108 heavy (non-hydrogen) atoms. The second-order valence-corrected chi connectivity index (χ2v) is 31.3. The maximum atomic E-state index is 15.2. The Labute approximate surface area is 648 Å². The lowest BCUT2D eigenvalue weighted by Crippen LogP contribution is -2.32. The van der Waals surface area contributed by atoms with Crippen LogP contribution in [0.3, 0.4) is 0 Å². The van der Waals surface area contributed by atoms with Gasteiger partial charge in [0.25, 0.3) is 0 Å². The number of fused-ring (bicyclic) bond motifs is 2. The highest BCUT2D eigenvalue weighted by atomic mass is 16.5. The van der Waals surface area contributed by atoms with Crippen LogP contribution in [0.25, 0.3) is 22.3 Å². The fourth-order valence-corrected chi connectivity index (χ4v) is 16.5. The molecule has 2 heterocycles. The zero-order chi connectivity index (χ0) is 75.8. The fourth-order valence-electron chi connectivity index (χ4n) is 16.5. The molecule has 3 aliphatic rings. The highest BCUT2D eigenvalue weighted by Crippen LogP contribution is 2.52. The summed E-state index contributed by atoms with van der Waals surface area (Å²) >= 11 is 0. The molecule has 0 saturated heterocycles. The molecule has 1 N–H and O–H groups in total. The van der Waals surface area contributed by atoms with Gasteiger partial charge in [-0.05, 0) is 206 Å². The number of aliphatic hydroxyl groups excluding tert-OH is 1. The number of hydrogen-bond acceptors (Lipinski definition) is 9.